The van der Waals surface area contributed by atoms with Crippen molar-refractivity contribution in [2.24, 2.45) is 4.99 Å². The number of carbonyl (C=O) groups excluding carboxylic acids is 1. The van der Waals surface area contributed by atoms with E-state index in [0.717, 1.165) is 0 Å². The summed E-state index contributed by atoms with van der Waals surface area (Å²) in [6, 6.07) is 0. The summed E-state index contributed by atoms with van der Waals surface area (Å²) < 4.78 is 14.6. The number of methoxy groups -OCH3 is 1. The first-order valence-electron chi connectivity index (χ1n) is 4.60. The Kier molecular flexibility index (Phi) is 7.83. The number of nitrogens with zero attached hydrogens (tertiary/aromatic N) is 1. The quantitative estimate of drug-likeness (QED) is 0.503. The van der Waals surface area contributed by atoms with Crippen LogP contribution in [-0.2, 0) is 14.2 Å². The van der Waals surface area contributed by atoms with Gasteiger partial charge in [-0.25, -0.2) is 4.79 Å². The zero-order valence-corrected chi connectivity index (χ0v) is 8.91. The standard InChI is InChI=1S/C9H17NO4/c1-4-13-8(6-7-12-3)10-9(11)14-5-2/h4-7H2,1-3H3/b10-8-. The first-order chi connectivity index (χ1) is 6.74. The van der Waals surface area contributed by atoms with Crippen molar-refractivity contribution >= 4 is 12.0 Å². The molecule has 0 aromatic rings. The second kappa shape index (κ2) is 8.50. The van der Waals surface area contributed by atoms with Gasteiger partial charge in [0, 0.05) is 13.5 Å². The zero-order chi connectivity index (χ0) is 10.8. The van der Waals surface area contributed by atoms with E-state index in [9.17, 15) is 4.79 Å². The predicted octanol–water partition coefficient (Wildman–Crippen LogP) is 1.61. The van der Waals surface area contributed by atoms with Crippen LogP contribution in [0.15, 0.2) is 4.99 Å². The number of rotatable bonds is 5. The molecule has 0 aliphatic carbocycles. The van der Waals surface area contributed by atoms with Gasteiger partial charge < -0.3 is 14.2 Å². The van der Waals surface area contributed by atoms with Gasteiger partial charge in [-0.05, 0) is 13.8 Å². The van der Waals surface area contributed by atoms with Gasteiger partial charge in [-0.2, -0.15) is 0 Å². The van der Waals surface area contributed by atoms with E-state index in [0.29, 0.717) is 32.1 Å². The maximum atomic E-state index is 11.0. The lowest BCUT2D eigenvalue weighted by Gasteiger charge is -2.05. The van der Waals surface area contributed by atoms with Crippen LogP contribution in [0, 0.1) is 0 Å². The van der Waals surface area contributed by atoms with Crippen LogP contribution in [0.1, 0.15) is 20.3 Å². The summed E-state index contributed by atoms with van der Waals surface area (Å²) in [6.07, 6.45) is -0.143. The highest BCUT2D eigenvalue weighted by Crippen LogP contribution is 1.94. The molecule has 0 N–H and O–H groups in total. The lowest BCUT2D eigenvalue weighted by Crippen LogP contribution is -2.11. The highest BCUT2D eigenvalue weighted by Gasteiger charge is 2.04. The number of hydrogen-bond donors (Lipinski definition) is 0. The van der Waals surface area contributed by atoms with Crippen LogP contribution in [0.3, 0.4) is 0 Å². The summed E-state index contributed by atoms with van der Waals surface area (Å²) in [5.41, 5.74) is 0. The van der Waals surface area contributed by atoms with Gasteiger partial charge in [-0.15, -0.1) is 4.99 Å². The Morgan fingerprint density at radius 2 is 1.86 bits per heavy atom. The topological polar surface area (TPSA) is 57.1 Å². The molecule has 82 valence electrons. The van der Waals surface area contributed by atoms with Crippen LogP contribution in [0.25, 0.3) is 0 Å². The smallest absolute Gasteiger partial charge is 0.436 e. The summed E-state index contributed by atoms with van der Waals surface area (Å²) in [5, 5.41) is 0. The fraction of sp³-hybridized carbons (Fsp3) is 0.778. The summed E-state index contributed by atoms with van der Waals surface area (Å²) in [4.78, 5) is 14.6. The third-order valence-electron chi connectivity index (χ3n) is 1.31. The van der Waals surface area contributed by atoms with Gasteiger partial charge in [-0.3, -0.25) is 0 Å². The number of aliphatic imine (C=N–C) groups is 1. The maximum absolute atomic E-state index is 11.0. The molecule has 0 rings (SSSR count). The fourth-order valence-corrected chi connectivity index (χ4v) is 0.774. The van der Waals surface area contributed by atoms with Crippen molar-refractivity contribution in [2.45, 2.75) is 20.3 Å². The van der Waals surface area contributed by atoms with Crippen LogP contribution >= 0.6 is 0 Å². The van der Waals surface area contributed by atoms with Gasteiger partial charge in [0.2, 0.25) is 0 Å². The van der Waals surface area contributed by atoms with Crippen LogP contribution in [-0.4, -0.2) is 38.9 Å². The predicted molar refractivity (Wildman–Crippen MR) is 52.6 cm³/mol. The minimum Gasteiger partial charge on any atom is -0.481 e. The molecule has 0 aromatic carbocycles. The molecular formula is C9H17NO4. The van der Waals surface area contributed by atoms with Gasteiger partial charge in [0.25, 0.3) is 0 Å². The van der Waals surface area contributed by atoms with Crippen LogP contribution in [0.5, 0.6) is 0 Å². The second-order valence-corrected chi connectivity index (χ2v) is 2.38. The van der Waals surface area contributed by atoms with Crippen molar-refractivity contribution in [1.82, 2.24) is 0 Å². The molecule has 0 spiro atoms. The number of amides is 1. The van der Waals surface area contributed by atoms with E-state index < -0.39 is 6.09 Å². The zero-order valence-electron chi connectivity index (χ0n) is 8.91. The molecule has 0 aromatic heterocycles. The van der Waals surface area contributed by atoms with E-state index in [1.807, 2.05) is 6.92 Å². The molecule has 0 aliphatic heterocycles. The van der Waals surface area contributed by atoms with Gasteiger partial charge in [0.15, 0.2) is 5.90 Å². The van der Waals surface area contributed by atoms with Crippen molar-refractivity contribution < 1.29 is 19.0 Å². The monoisotopic (exact) mass is 203 g/mol. The van der Waals surface area contributed by atoms with Crippen LogP contribution < -0.4 is 0 Å². The van der Waals surface area contributed by atoms with Crippen LogP contribution in [0.2, 0.25) is 0 Å². The molecule has 5 nitrogen and oxygen atoms in total. The number of carbonyl (C=O) groups is 1. The summed E-state index contributed by atoms with van der Waals surface area (Å²) in [7, 11) is 1.58. The molecule has 0 heterocycles. The molecule has 0 bridgehead atoms. The summed E-state index contributed by atoms with van der Waals surface area (Å²) in [6.45, 7) is 4.81. The van der Waals surface area contributed by atoms with E-state index in [2.05, 4.69) is 9.73 Å². The van der Waals surface area contributed by atoms with Gasteiger partial charge >= 0.3 is 6.09 Å². The Labute approximate surface area is 84.1 Å². The van der Waals surface area contributed by atoms with Crippen molar-refractivity contribution in [2.75, 3.05) is 26.9 Å². The summed E-state index contributed by atoms with van der Waals surface area (Å²) in [5.74, 6) is 0.354. The van der Waals surface area contributed by atoms with Gasteiger partial charge in [-0.1, -0.05) is 0 Å². The van der Waals surface area contributed by atoms with Crippen LogP contribution in [0.4, 0.5) is 4.79 Å². The van der Waals surface area contributed by atoms with E-state index in [1.165, 1.54) is 0 Å². The average molecular weight is 203 g/mol. The Morgan fingerprint density at radius 1 is 1.21 bits per heavy atom. The normalized spacial score (nSPS) is 11.2. The average Bonchev–Trinajstić information content (AvgIpc) is 2.15. The molecule has 0 unspecified atom stereocenters. The highest BCUT2D eigenvalue weighted by molar-refractivity contribution is 5.88. The molecule has 1 amide bonds. The molecule has 0 radical (unpaired) electrons. The van der Waals surface area contributed by atoms with Gasteiger partial charge in [0.05, 0.1) is 19.8 Å². The third-order valence-corrected chi connectivity index (χ3v) is 1.31. The molecule has 0 aliphatic rings. The van der Waals surface area contributed by atoms with E-state index in [4.69, 9.17) is 9.47 Å². The Bertz CT molecular complexity index is 191. The van der Waals surface area contributed by atoms with Crippen molar-refractivity contribution in [3.05, 3.63) is 0 Å². The van der Waals surface area contributed by atoms with Crippen molar-refractivity contribution in [3.8, 4) is 0 Å². The Hall–Kier alpha value is -1.10. The third kappa shape index (κ3) is 6.42. The van der Waals surface area contributed by atoms with Gasteiger partial charge in [0.1, 0.15) is 0 Å². The molecule has 5 heteroatoms. The molecular weight excluding hydrogens is 186 g/mol. The minimum absolute atomic E-state index is 0.312. The highest BCUT2D eigenvalue weighted by atomic mass is 16.6. The molecule has 14 heavy (non-hydrogen) atoms. The minimum atomic E-state index is -0.618. The molecule has 0 fully saturated rings. The number of ether oxygens (including phenoxy) is 3. The first-order valence-corrected chi connectivity index (χ1v) is 4.60. The first kappa shape index (κ1) is 12.9. The lowest BCUT2D eigenvalue weighted by molar-refractivity contribution is 0.161. The summed E-state index contributed by atoms with van der Waals surface area (Å²) >= 11 is 0. The SMILES string of the molecule is CCOC(=O)/N=C(/CCOC)OCC. The van der Waals surface area contributed by atoms with Crippen molar-refractivity contribution in [1.29, 1.82) is 0 Å². The van der Waals surface area contributed by atoms with E-state index in [-0.39, 0.29) is 0 Å². The van der Waals surface area contributed by atoms with Crippen molar-refractivity contribution in [3.63, 3.8) is 0 Å². The van der Waals surface area contributed by atoms with E-state index >= 15 is 0 Å². The second-order valence-electron chi connectivity index (χ2n) is 2.38. The number of hydrogen-bond acceptors (Lipinski definition) is 4. The molecule has 0 atom stereocenters. The largest absolute Gasteiger partial charge is 0.481 e. The Balaban J connectivity index is 4.08. The molecule has 0 saturated carbocycles. The Morgan fingerprint density at radius 3 is 2.36 bits per heavy atom. The van der Waals surface area contributed by atoms with E-state index in [1.54, 1.807) is 14.0 Å². The lowest BCUT2D eigenvalue weighted by atomic mass is 10.4. The maximum Gasteiger partial charge on any atom is 0.436 e. The molecule has 0 saturated heterocycles. The fourth-order valence-electron chi connectivity index (χ4n) is 0.774.